The first-order chi connectivity index (χ1) is 6.93. The van der Waals surface area contributed by atoms with Crippen LogP contribution in [-0.2, 0) is 4.74 Å². The summed E-state index contributed by atoms with van der Waals surface area (Å²) in [4.78, 5) is 0. The Labute approximate surface area is 92.2 Å². The highest BCUT2D eigenvalue weighted by molar-refractivity contribution is 7.99. The average molecular weight is 217 g/mol. The minimum Gasteiger partial charge on any atom is -0.381 e. The molecule has 2 nitrogen and oxygen atoms in total. The topological polar surface area (TPSA) is 21.3 Å². The Kier molecular flexibility index (Phi) is 7.55. The Morgan fingerprint density at radius 1 is 1.36 bits per heavy atom. The average Bonchev–Trinajstić information content (AvgIpc) is 2.25. The first-order valence-corrected chi connectivity index (χ1v) is 6.98. The first-order valence-electron chi connectivity index (χ1n) is 5.82. The molecule has 0 spiro atoms. The van der Waals surface area contributed by atoms with Crippen molar-refractivity contribution >= 4 is 11.8 Å². The van der Waals surface area contributed by atoms with Gasteiger partial charge in [0, 0.05) is 18.4 Å². The van der Waals surface area contributed by atoms with Gasteiger partial charge in [0.05, 0.1) is 6.61 Å². The molecule has 1 N–H and O–H groups in total. The predicted molar refractivity (Wildman–Crippen MR) is 64.1 cm³/mol. The molecule has 0 aromatic carbocycles. The Morgan fingerprint density at radius 3 is 3.00 bits per heavy atom. The Balaban J connectivity index is 1.82. The van der Waals surface area contributed by atoms with Crippen LogP contribution in [0.15, 0.2) is 0 Å². The lowest BCUT2D eigenvalue weighted by Crippen LogP contribution is -2.34. The van der Waals surface area contributed by atoms with E-state index in [1.807, 2.05) is 11.8 Å². The molecular formula is C11H23NOS. The lowest BCUT2D eigenvalue weighted by Gasteiger charge is -2.23. The predicted octanol–water partition coefficient (Wildman–Crippen LogP) is 2.29. The van der Waals surface area contributed by atoms with Crippen molar-refractivity contribution in [3.63, 3.8) is 0 Å². The van der Waals surface area contributed by atoms with E-state index in [0.717, 1.165) is 25.0 Å². The van der Waals surface area contributed by atoms with Crippen LogP contribution in [0.5, 0.6) is 0 Å². The summed E-state index contributed by atoms with van der Waals surface area (Å²) < 4.78 is 5.58. The third-order valence-corrected chi connectivity index (χ3v) is 3.46. The maximum Gasteiger partial charge on any atom is 0.0556 e. The number of hydrogen-bond donors (Lipinski definition) is 1. The van der Waals surface area contributed by atoms with E-state index in [2.05, 4.69) is 12.2 Å². The Hall–Kier alpha value is 0.270. The maximum atomic E-state index is 5.58. The fourth-order valence-corrected chi connectivity index (χ4v) is 2.28. The summed E-state index contributed by atoms with van der Waals surface area (Å²) in [6.07, 6.45) is 5.28. The van der Waals surface area contributed by atoms with Gasteiger partial charge in [0.2, 0.25) is 0 Å². The van der Waals surface area contributed by atoms with Gasteiger partial charge < -0.3 is 10.1 Å². The quantitative estimate of drug-likeness (QED) is 0.661. The van der Waals surface area contributed by atoms with Crippen LogP contribution < -0.4 is 5.32 Å². The minimum atomic E-state index is 0.725. The van der Waals surface area contributed by atoms with Gasteiger partial charge in [0.1, 0.15) is 0 Å². The molecular weight excluding hydrogens is 194 g/mol. The smallest absolute Gasteiger partial charge is 0.0556 e. The van der Waals surface area contributed by atoms with Crippen LogP contribution in [-0.4, -0.2) is 37.3 Å². The fourth-order valence-electron chi connectivity index (χ4n) is 1.76. The molecule has 0 bridgehead atoms. The summed E-state index contributed by atoms with van der Waals surface area (Å²) in [6.45, 7) is 5.25. The van der Waals surface area contributed by atoms with E-state index in [1.165, 1.54) is 38.0 Å². The van der Waals surface area contributed by atoms with E-state index in [0.29, 0.717) is 0 Å². The van der Waals surface area contributed by atoms with Crippen molar-refractivity contribution in [2.24, 2.45) is 0 Å². The second-order valence-corrected chi connectivity index (χ2v) is 5.14. The molecule has 3 heteroatoms. The van der Waals surface area contributed by atoms with Crippen molar-refractivity contribution < 1.29 is 4.74 Å². The minimum absolute atomic E-state index is 0.725. The van der Waals surface area contributed by atoms with Crippen molar-refractivity contribution in [1.29, 1.82) is 0 Å². The summed E-state index contributed by atoms with van der Waals surface area (Å²) >= 11 is 1.95. The van der Waals surface area contributed by atoms with E-state index in [-0.39, 0.29) is 0 Å². The second kappa shape index (κ2) is 8.57. The molecule has 0 aromatic rings. The Morgan fingerprint density at radius 2 is 2.29 bits per heavy atom. The maximum absolute atomic E-state index is 5.58. The van der Waals surface area contributed by atoms with Crippen LogP contribution in [0.25, 0.3) is 0 Å². The SMILES string of the molecule is CCSCCOCCC1CCCCN1. The van der Waals surface area contributed by atoms with Gasteiger partial charge in [-0.25, -0.2) is 0 Å². The lowest BCUT2D eigenvalue weighted by atomic mass is 10.0. The van der Waals surface area contributed by atoms with Gasteiger partial charge in [-0.05, 0) is 31.6 Å². The molecule has 0 aliphatic carbocycles. The standard InChI is InChI=1S/C11H23NOS/c1-2-14-10-9-13-8-6-11-5-3-4-7-12-11/h11-12H,2-10H2,1H3. The molecule has 1 fully saturated rings. The summed E-state index contributed by atoms with van der Waals surface area (Å²) in [5, 5.41) is 3.54. The zero-order valence-corrected chi connectivity index (χ0v) is 10.1. The van der Waals surface area contributed by atoms with Gasteiger partial charge in [0.15, 0.2) is 0 Å². The lowest BCUT2D eigenvalue weighted by molar-refractivity contribution is 0.135. The van der Waals surface area contributed by atoms with Crippen molar-refractivity contribution in [1.82, 2.24) is 5.32 Å². The van der Waals surface area contributed by atoms with Crippen LogP contribution in [0.2, 0.25) is 0 Å². The molecule has 0 amide bonds. The van der Waals surface area contributed by atoms with Gasteiger partial charge in [-0.2, -0.15) is 11.8 Å². The van der Waals surface area contributed by atoms with Crippen molar-refractivity contribution in [3.05, 3.63) is 0 Å². The van der Waals surface area contributed by atoms with E-state index >= 15 is 0 Å². The third kappa shape index (κ3) is 5.89. The zero-order chi connectivity index (χ0) is 10.1. The highest BCUT2D eigenvalue weighted by atomic mass is 32.2. The molecule has 0 radical (unpaired) electrons. The normalized spacial score (nSPS) is 22.5. The number of rotatable bonds is 7. The first kappa shape index (κ1) is 12.3. The molecule has 1 aliphatic heterocycles. The highest BCUT2D eigenvalue weighted by Gasteiger charge is 2.11. The number of hydrogen-bond acceptors (Lipinski definition) is 3. The van der Waals surface area contributed by atoms with Gasteiger partial charge >= 0.3 is 0 Å². The van der Waals surface area contributed by atoms with Gasteiger partial charge in [-0.1, -0.05) is 13.3 Å². The van der Waals surface area contributed by atoms with Crippen molar-refractivity contribution in [2.45, 2.75) is 38.6 Å². The molecule has 84 valence electrons. The molecule has 1 saturated heterocycles. The van der Waals surface area contributed by atoms with Crippen LogP contribution in [0.1, 0.15) is 32.6 Å². The van der Waals surface area contributed by atoms with Crippen LogP contribution in [0.3, 0.4) is 0 Å². The number of thioether (sulfide) groups is 1. The van der Waals surface area contributed by atoms with Crippen LogP contribution >= 0.6 is 11.8 Å². The molecule has 1 rings (SSSR count). The Bertz CT molecular complexity index is 126. The van der Waals surface area contributed by atoms with Gasteiger partial charge in [-0.3, -0.25) is 0 Å². The van der Waals surface area contributed by atoms with Crippen LogP contribution in [0.4, 0.5) is 0 Å². The molecule has 0 saturated carbocycles. The summed E-state index contributed by atoms with van der Waals surface area (Å²) in [7, 11) is 0. The highest BCUT2D eigenvalue weighted by Crippen LogP contribution is 2.09. The van der Waals surface area contributed by atoms with Crippen LogP contribution in [0, 0.1) is 0 Å². The molecule has 14 heavy (non-hydrogen) atoms. The van der Waals surface area contributed by atoms with E-state index in [4.69, 9.17) is 4.74 Å². The second-order valence-electron chi connectivity index (χ2n) is 3.74. The van der Waals surface area contributed by atoms with E-state index in [9.17, 15) is 0 Å². The monoisotopic (exact) mass is 217 g/mol. The largest absolute Gasteiger partial charge is 0.381 e. The molecule has 1 aliphatic rings. The zero-order valence-electron chi connectivity index (χ0n) is 9.26. The van der Waals surface area contributed by atoms with Gasteiger partial charge in [0.25, 0.3) is 0 Å². The molecule has 0 aromatic heterocycles. The summed E-state index contributed by atoms with van der Waals surface area (Å²) in [6, 6.07) is 0.725. The number of piperidine rings is 1. The van der Waals surface area contributed by atoms with E-state index in [1.54, 1.807) is 0 Å². The molecule has 1 heterocycles. The van der Waals surface area contributed by atoms with Crippen molar-refractivity contribution in [3.8, 4) is 0 Å². The van der Waals surface area contributed by atoms with E-state index < -0.39 is 0 Å². The fraction of sp³-hybridized carbons (Fsp3) is 1.00. The number of ether oxygens (including phenoxy) is 1. The van der Waals surface area contributed by atoms with Gasteiger partial charge in [-0.15, -0.1) is 0 Å². The summed E-state index contributed by atoms with van der Waals surface area (Å²) in [5.41, 5.74) is 0. The summed E-state index contributed by atoms with van der Waals surface area (Å²) in [5.74, 6) is 2.35. The van der Waals surface area contributed by atoms with Crippen molar-refractivity contribution in [2.75, 3.05) is 31.3 Å². The molecule has 1 unspecified atom stereocenters. The third-order valence-electron chi connectivity index (χ3n) is 2.60. The molecule has 1 atom stereocenters. The number of nitrogens with one attached hydrogen (secondary N) is 1.